The predicted octanol–water partition coefficient (Wildman–Crippen LogP) is 14.2. The predicted molar refractivity (Wildman–Crippen MR) is 233 cm³/mol. The van der Waals surface area contributed by atoms with E-state index in [9.17, 15) is 0 Å². The Morgan fingerprint density at radius 1 is 0.291 bits per heavy atom. The zero-order chi connectivity index (χ0) is 36.3. The van der Waals surface area contributed by atoms with Crippen LogP contribution in [0.2, 0.25) is 0 Å². The third kappa shape index (κ3) is 4.91. The molecular weight excluding hydrogens is 667 g/mol. The van der Waals surface area contributed by atoms with Crippen molar-refractivity contribution in [2.24, 2.45) is 0 Å². The largest absolute Gasteiger partial charge is 0.311 e. The maximum atomic E-state index is 2.49. The van der Waals surface area contributed by atoms with Crippen molar-refractivity contribution in [2.75, 3.05) is 4.90 Å². The van der Waals surface area contributed by atoms with E-state index >= 15 is 0 Å². The van der Waals surface area contributed by atoms with Gasteiger partial charge in [0.2, 0.25) is 0 Å². The molecule has 0 amide bonds. The minimum Gasteiger partial charge on any atom is -0.311 e. The van der Waals surface area contributed by atoms with Gasteiger partial charge in [0.25, 0.3) is 0 Å². The molecule has 0 bridgehead atoms. The first-order valence-corrected chi connectivity index (χ1v) is 18.9. The minimum atomic E-state index is 1.12. The van der Waals surface area contributed by atoms with E-state index < -0.39 is 0 Å². The maximum Gasteiger partial charge on any atom is 0.0627 e. The second-order valence-electron chi connectivity index (χ2n) is 14.1. The molecule has 0 saturated heterocycles. The normalized spacial score (nSPS) is 11.6. The fraction of sp³-hybridized carbons (Fsp3) is 0. The fourth-order valence-electron chi connectivity index (χ4n) is 8.73. The van der Waals surface area contributed by atoms with E-state index in [0.717, 1.165) is 28.4 Å². The molecule has 0 fully saturated rings. The summed E-state index contributed by atoms with van der Waals surface area (Å²) in [5, 5.41) is 7.55. The van der Waals surface area contributed by atoms with Crippen LogP contribution in [0, 0.1) is 0 Å². The Morgan fingerprint density at radius 3 is 1.25 bits per heavy atom. The van der Waals surface area contributed by atoms with Crippen LogP contribution in [-0.2, 0) is 0 Å². The molecule has 0 spiro atoms. The van der Waals surface area contributed by atoms with E-state index in [2.05, 4.69) is 226 Å². The summed E-state index contributed by atoms with van der Waals surface area (Å²) in [5.74, 6) is 0. The molecule has 11 aromatic rings. The number of nitrogens with zero attached hydrogens (tertiary/aromatic N) is 3. The number of aromatic nitrogens is 2. The second-order valence-corrected chi connectivity index (χ2v) is 14.1. The molecule has 0 atom stereocenters. The highest BCUT2D eigenvalue weighted by Gasteiger charge is 2.24. The lowest BCUT2D eigenvalue weighted by Gasteiger charge is -2.25. The monoisotopic (exact) mass is 701 g/mol. The van der Waals surface area contributed by atoms with Crippen molar-refractivity contribution < 1.29 is 0 Å². The quantitative estimate of drug-likeness (QED) is 0.168. The molecule has 0 unspecified atom stereocenters. The molecule has 0 saturated carbocycles. The zero-order valence-electron chi connectivity index (χ0n) is 30.0. The van der Waals surface area contributed by atoms with Gasteiger partial charge >= 0.3 is 0 Å². The summed E-state index contributed by atoms with van der Waals surface area (Å²) < 4.78 is 4.95. The topological polar surface area (TPSA) is 13.1 Å². The minimum absolute atomic E-state index is 1.12. The van der Waals surface area contributed by atoms with Crippen LogP contribution < -0.4 is 4.90 Å². The van der Waals surface area contributed by atoms with Crippen LogP contribution in [0.15, 0.2) is 212 Å². The summed E-state index contributed by atoms with van der Waals surface area (Å²) in [6, 6.07) is 76.6. The lowest BCUT2D eigenvalue weighted by atomic mass is 9.99. The summed E-state index contributed by atoms with van der Waals surface area (Å²) in [6.07, 6.45) is 0. The first-order valence-electron chi connectivity index (χ1n) is 18.9. The summed E-state index contributed by atoms with van der Waals surface area (Å²) in [5.41, 5.74) is 12.9. The van der Waals surface area contributed by atoms with E-state index in [1.54, 1.807) is 0 Å². The second kappa shape index (κ2) is 12.6. The molecule has 3 nitrogen and oxygen atoms in total. The molecule has 0 aliphatic heterocycles. The molecule has 11 rings (SSSR count). The average molecular weight is 702 g/mol. The van der Waals surface area contributed by atoms with Crippen LogP contribution in [0.4, 0.5) is 17.1 Å². The van der Waals surface area contributed by atoms with E-state index in [1.807, 2.05) is 0 Å². The van der Waals surface area contributed by atoms with Crippen LogP contribution in [0.25, 0.3) is 76.9 Å². The summed E-state index contributed by atoms with van der Waals surface area (Å²) >= 11 is 0. The van der Waals surface area contributed by atoms with Crippen molar-refractivity contribution in [1.82, 2.24) is 9.13 Å². The van der Waals surface area contributed by atoms with Gasteiger partial charge in [-0.25, -0.2) is 0 Å². The highest BCUT2D eigenvalue weighted by Crippen LogP contribution is 2.47. The first-order chi connectivity index (χ1) is 27.3. The number of hydrogen-bond donors (Lipinski definition) is 0. The van der Waals surface area contributed by atoms with Gasteiger partial charge in [-0.3, -0.25) is 0 Å². The summed E-state index contributed by atoms with van der Waals surface area (Å²) in [4.78, 5) is 2.30. The molecule has 3 heteroatoms. The Balaban J connectivity index is 1.14. The van der Waals surface area contributed by atoms with E-state index in [4.69, 9.17) is 0 Å². The first kappa shape index (κ1) is 31.2. The van der Waals surface area contributed by atoms with Gasteiger partial charge in [0.15, 0.2) is 0 Å². The maximum absolute atomic E-state index is 2.49. The van der Waals surface area contributed by atoms with Crippen molar-refractivity contribution in [3.63, 3.8) is 0 Å². The number of fused-ring (bicyclic) bond motifs is 10. The highest BCUT2D eigenvalue weighted by molar-refractivity contribution is 6.37. The van der Waals surface area contributed by atoms with Crippen LogP contribution in [0.5, 0.6) is 0 Å². The van der Waals surface area contributed by atoms with E-state index in [1.165, 1.54) is 65.5 Å². The summed E-state index contributed by atoms with van der Waals surface area (Å²) in [7, 11) is 0. The zero-order valence-corrected chi connectivity index (χ0v) is 30.0. The molecular formula is C52H35N3. The fourth-order valence-corrected chi connectivity index (χ4v) is 8.73. The van der Waals surface area contributed by atoms with Gasteiger partial charge in [-0.05, 0) is 83.9 Å². The van der Waals surface area contributed by atoms with Gasteiger partial charge in [0, 0.05) is 60.8 Å². The smallest absolute Gasteiger partial charge is 0.0627 e. The Bertz CT molecular complexity index is 3140. The van der Waals surface area contributed by atoms with E-state index in [-0.39, 0.29) is 0 Å². The van der Waals surface area contributed by atoms with Gasteiger partial charge in [-0.1, -0.05) is 140 Å². The third-order valence-corrected chi connectivity index (χ3v) is 11.0. The molecule has 2 aromatic heterocycles. The van der Waals surface area contributed by atoms with Gasteiger partial charge in [-0.2, -0.15) is 0 Å². The van der Waals surface area contributed by atoms with Crippen LogP contribution in [-0.4, -0.2) is 9.13 Å². The molecule has 0 N–H and O–H groups in total. The van der Waals surface area contributed by atoms with Gasteiger partial charge in [0.1, 0.15) is 0 Å². The van der Waals surface area contributed by atoms with Gasteiger partial charge < -0.3 is 14.0 Å². The van der Waals surface area contributed by atoms with Crippen LogP contribution in [0.3, 0.4) is 0 Å². The Morgan fingerprint density at radius 2 is 0.709 bits per heavy atom. The third-order valence-electron chi connectivity index (χ3n) is 11.0. The van der Waals surface area contributed by atoms with Crippen molar-refractivity contribution in [2.45, 2.75) is 0 Å². The van der Waals surface area contributed by atoms with Gasteiger partial charge in [-0.15, -0.1) is 0 Å². The molecule has 2 heterocycles. The lowest BCUT2D eigenvalue weighted by Crippen LogP contribution is -2.09. The Hall–Kier alpha value is -7.36. The average Bonchev–Trinajstić information content (AvgIpc) is 3.79. The van der Waals surface area contributed by atoms with E-state index in [0.29, 0.717) is 0 Å². The van der Waals surface area contributed by atoms with Crippen molar-refractivity contribution in [1.29, 1.82) is 0 Å². The van der Waals surface area contributed by atoms with Crippen molar-refractivity contribution in [3.8, 4) is 22.5 Å². The number of rotatable bonds is 6. The number of para-hydroxylation sites is 5. The summed E-state index contributed by atoms with van der Waals surface area (Å²) in [6.45, 7) is 0. The lowest BCUT2D eigenvalue weighted by molar-refractivity contribution is 1.18. The van der Waals surface area contributed by atoms with Crippen LogP contribution in [0.1, 0.15) is 0 Å². The standard InChI is InChI=1S/C52H35N3/c1-4-18-38(19-5-1)53(39-20-6-2-7-21-39)41-33-31-36(32-34-41)37-17-16-24-42(35-37)55-48-30-15-13-28-46(48)50-49-45-27-12-14-29-47(45)54(40-22-8-3-9-23-40)51(49)43-25-10-11-26-44(43)52(50)55/h1-35H. The highest BCUT2D eigenvalue weighted by atomic mass is 15.1. The molecule has 0 aliphatic rings. The number of anilines is 3. The Labute approximate surface area is 319 Å². The van der Waals surface area contributed by atoms with Crippen molar-refractivity contribution >= 4 is 71.4 Å². The van der Waals surface area contributed by atoms with Crippen LogP contribution >= 0.6 is 0 Å². The molecule has 258 valence electrons. The number of benzene rings is 9. The molecule has 0 aliphatic carbocycles. The number of hydrogen-bond acceptors (Lipinski definition) is 1. The SMILES string of the molecule is c1ccc(N(c2ccccc2)c2ccc(-c3cccc(-n4c5ccccc5c5c6c7ccccc7n(-c7ccccc7)c6c6ccccc6c54)c3)cc2)cc1. The molecule has 55 heavy (non-hydrogen) atoms. The van der Waals surface area contributed by atoms with Gasteiger partial charge in [0.05, 0.1) is 22.1 Å². The Kier molecular flexibility index (Phi) is 7.17. The van der Waals surface area contributed by atoms with Crippen molar-refractivity contribution in [3.05, 3.63) is 212 Å². The molecule has 9 aromatic carbocycles. The molecule has 0 radical (unpaired) electrons.